The number of carbonyl (C=O) groups is 2. The van der Waals surface area contributed by atoms with Crippen LogP contribution in [-0.4, -0.2) is 36.5 Å². The Kier molecular flexibility index (Phi) is 4.34. The van der Waals surface area contributed by atoms with Gasteiger partial charge >= 0.3 is 6.09 Å². The van der Waals surface area contributed by atoms with Crippen molar-refractivity contribution in [3.63, 3.8) is 0 Å². The van der Waals surface area contributed by atoms with E-state index in [1.807, 2.05) is 0 Å². The van der Waals surface area contributed by atoms with Crippen molar-refractivity contribution in [2.24, 2.45) is 5.92 Å². The highest BCUT2D eigenvalue weighted by atomic mass is 16.6. The lowest BCUT2D eigenvalue weighted by Gasteiger charge is -2.29. The number of carbonyl (C=O) groups excluding carboxylic acids is 2. The van der Waals surface area contributed by atoms with Crippen molar-refractivity contribution in [3.8, 4) is 0 Å². The molecule has 4 heteroatoms. The summed E-state index contributed by atoms with van der Waals surface area (Å²) in [5.41, 5.74) is 0. The van der Waals surface area contributed by atoms with Gasteiger partial charge in [0.15, 0.2) is 5.78 Å². The van der Waals surface area contributed by atoms with Crippen LogP contribution in [0, 0.1) is 5.92 Å². The van der Waals surface area contributed by atoms with E-state index in [4.69, 9.17) is 4.74 Å². The maximum absolute atomic E-state index is 11.3. The number of likely N-dealkylation sites (tertiary alicyclic amines) is 1. The molecule has 1 amide bonds. The second-order valence-electron chi connectivity index (χ2n) is 3.57. The summed E-state index contributed by atoms with van der Waals surface area (Å²) in [6.07, 6.45) is 2.51. The molecule has 4 nitrogen and oxygen atoms in total. The van der Waals surface area contributed by atoms with Crippen LogP contribution in [0.4, 0.5) is 4.79 Å². The van der Waals surface area contributed by atoms with E-state index in [-0.39, 0.29) is 17.8 Å². The highest BCUT2D eigenvalue weighted by molar-refractivity contribution is 5.91. The predicted octanol–water partition coefficient (Wildman–Crippen LogP) is 1.61. The van der Waals surface area contributed by atoms with Gasteiger partial charge in [-0.15, -0.1) is 0 Å². The monoisotopic (exact) mass is 211 g/mol. The van der Waals surface area contributed by atoms with Gasteiger partial charge < -0.3 is 9.64 Å². The fraction of sp³-hybridized carbons (Fsp3) is 0.636. The molecule has 0 aliphatic carbocycles. The molecule has 1 fully saturated rings. The Hall–Kier alpha value is -1.32. The number of ether oxygens (including phenoxy) is 1. The lowest BCUT2D eigenvalue weighted by Crippen LogP contribution is -2.40. The number of rotatable bonds is 3. The molecular weight excluding hydrogens is 194 g/mol. The van der Waals surface area contributed by atoms with Gasteiger partial charge in [0.25, 0.3) is 0 Å². The average Bonchev–Trinajstić information content (AvgIpc) is 2.28. The van der Waals surface area contributed by atoms with Gasteiger partial charge in [0.2, 0.25) is 0 Å². The van der Waals surface area contributed by atoms with Gasteiger partial charge in [-0.1, -0.05) is 6.58 Å². The number of piperidine rings is 1. The van der Waals surface area contributed by atoms with Crippen molar-refractivity contribution in [1.82, 2.24) is 4.90 Å². The molecule has 1 aliphatic rings. The summed E-state index contributed by atoms with van der Waals surface area (Å²) in [6.45, 7) is 6.84. The minimum absolute atomic E-state index is 0.0353. The molecule has 0 spiro atoms. The Morgan fingerprint density at radius 2 is 2.07 bits per heavy atom. The highest BCUT2D eigenvalue weighted by Crippen LogP contribution is 2.18. The Morgan fingerprint density at radius 3 is 2.53 bits per heavy atom. The van der Waals surface area contributed by atoms with Crippen LogP contribution in [0.1, 0.15) is 19.8 Å². The number of ketones is 1. The van der Waals surface area contributed by atoms with Crippen molar-refractivity contribution in [2.45, 2.75) is 19.8 Å². The second kappa shape index (κ2) is 5.53. The second-order valence-corrected chi connectivity index (χ2v) is 3.57. The molecule has 0 aromatic rings. The molecule has 1 saturated heterocycles. The summed E-state index contributed by atoms with van der Waals surface area (Å²) >= 11 is 0. The first-order valence-electron chi connectivity index (χ1n) is 5.27. The maximum atomic E-state index is 11.3. The Balaban J connectivity index is 2.38. The number of amides is 1. The first kappa shape index (κ1) is 11.8. The lowest BCUT2D eigenvalue weighted by atomic mass is 9.93. The minimum Gasteiger partial charge on any atom is -0.450 e. The maximum Gasteiger partial charge on any atom is 0.409 e. The molecule has 0 bridgehead atoms. The summed E-state index contributed by atoms with van der Waals surface area (Å²) < 4.78 is 4.89. The molecule has 0 N–H and O–H groups in total. The van der Waals surface area contributed by atoms with Gasteiger partial charge in [-0.25, -0.2) is 4.79 Å². The predicted molar refractivity (Wildman–Crippen MR) is 56.5 cm³/mol. The molecular formula is C11H17NO3. The van der Waals surface area contributed by atoms with Gasteiger partial charge in [0.1, 0.15) is 0 Å². The van der Waals surface area contributed by atoms with Gasteiger partial charge in [-0.3, -0.25) is 4.79 Å². The zero-order valence-electron chi connectivity index (χ0n) is 9.07. The third-order valence-electron chi connectivity index (χ3n) is 2.62. The summed E-state index contributed by atoms with van der Waals surface area (Å²) in [5.74, 6) is 0.117. The molecule has 0 radical (unpaired) electrons. The Morgan fingerprint density at radius 1 is 1.47 bits per heavy atom. The summed E-state index contributed by atoms with van der Waals surface area (Å²) in [5, 5.41) is 0. The van der Waals surface area contributed by atoms with Crippen LogP contribution in [-0.2, 0) is 9.53 Å². The summed E-state index contributed by atoms with van der Waals surface area (Å²) in [6, 6.07) is 0. The molecule has 0 atom stereocenters. The number of nitrogens with zero attached hydrogens (tertiary/aromatic N) is 1. The van der Waals surface area contributed by atoms with E-state index in [1.54, 1.807) is 11.8 Å². The number of allylic oxidation sites excluding steroid dienone is 1. The van der Waals surface area contributed by atoms with E-state index in [0.717, 1.165) is 0 Å². The van der Waals surface area contributed by atoms with Crippen LogP contribution >= 0.6 is 0 Å². The minimum atomic E-state index is -0.276. The van der Waals surface area contributed by atoms with Crippen LogP contribution in [0.15, 0.2) is 12.7 Å². The van der Waals surface area contributed by atoms with E-state index in [9.17, 15) is 9.59 Å². The van der Waals surface area contributed by atoms with Gasteiger partial charge in [-0.05, 0) is 25.8 Å². The van der Waals surface area contributed by atoms with Crippen LogP contribution in [0.3, 0.4) is 0 Å². The molecule has 1 heterocycles. The molecule has 0 unspecified atom stereocenters. The highest BCUT2D eigenvalue weighted by Gasteiger charge is 2.26. The molecule has 15 heavy (non-hydrogen) atoms. The van der Waals surface area contributed by atoms with E-state index < -0.39 is 0 Å². The van der Waals surface area contributed by atoms with Gasteiger partial charge in [0, 0.05) is 19.0 Å². The van der Waals surface area contributed by atoms with E-state index in [0.29, 0.717) is 32.5 Å². The molecule has 84 valence electrons. The standard InChI is InChI=1S/C11H17NO3/c1-3-10(13)9-5-7-12(8-6-9)11(14)15-4-2/h3,9H,1,4-8H2,2H3. The van der Waals surface area contributed by atoms with Crippen LogP contribution < -0.4 is 0 Å². The van der Waals surface area contributed by atoms with Gasteiger partial charge in [0.05, 0.1) is 6.61 Å². The van der Waals surface area contributed by atoms with Gasteiger partial charge in [-0.2, -0.15) is 0 Å². The molecule has 0 saturated carbocycles. The topological polar surface area (TPSA) is 46.6 Å². The lowest BCUT2D eigenvalue weighted by molar-refractivity contribution is -0.119. The van der Waals surface area contributed by atoms with Crippen LogP contribution in [0.5, 0.6) is 0 Å². The molecule has 1 rings (SSSR count). The molecule has 0 aromatic carbocycles. The van der Waals surface area contributed by atoms with Crippen molar-refractivity contribution in [3.05, 3.63) is 12.7 Å². The third kappa shape index (κ3) is 3.08. The van der Waals surface area contributed by atoms with Crippen molar-refractivity contribution in [1.29, 1.82) is 0 Å². The van der Waals surface area contributed by atoms with Crippen molar-refractivity contribution in [2.75, 3.05) is 19.7 Å². The SMILES string of the molecule is C=CC(=O)C1CCN(C(=O)OCC)CC1. The first-order valence-corrected chi connectivity index (χ1v) is 5.27. The smallest absolute Gasteiger partial charge is 0.409 e. The van der Waals surface area contributed by atoms with E-state index >= 15 is 0 Å². The quantitative estimate of drug-likeness (QED) is 0.666. The third-order valence-corrected chi connectivity index (χ3v) is 2.62. The largest absolute Gasteiger partial charge is 0.450 e. The van der Waals surface area contributed by atoms with Crippen molar-refractivity contribution >= 4 is 11.9 Å². The molecule has 1 aliphatic heterocycles. The summed E-state index contributed by atoms with van der Waals surface area (Å²) in [4.78, 5) is 24.3. The van der Waals surface area contributed by atoms with E-state index in [2.05, 4.69) is 6.58 Å². The number of hydrogen-bond donors (Lipinski definition) is 0. The fourth-order valence-corrected chi connectivity index (χ4v) is 1.73. The molecule has 0 aromatic heterocycles. The summed E-state index contributed by atoms with van der Waals surface area (Å²) in [7, 11) is 0. The first-order chi connectivity index (χ1) is 7.19. The fourth-order valence-electron chi connectivity index (χ4n) is 1.73. The van der Waals surface area contributed by atoms with E-state index in [1.165, 1.54) is 6.08 Å². The Bertz CT molecular complexity index is 255. The Labute approximate surface area is 89.9 Å². The average molecular weight is 211 g/mol. The van der Waals surface area contributed by atoms with Crippen LogP contribution in [0.25, 0.3) is 0 Å². The normalized spacial score (nSPS) is 17.3. The number of hydrogen-bond acceptors (Lipinski definition) is 3. The zero-order chi connectivity index (χ0) is 11.3. The van der Waals surface area contributed by atoms with Crippen LogP contribution in [0.2, 0.25) is 0 Å². The van der Waals surface area contributed by atoms with Crippen molar-refractivity contribution < 1.29 is 14.3 Å². The zero-order valence-corrected chi connectivity index (χ0v) is 9.07.